The van der Waals surface area contributed by atoms with Gasteiger partial charge in [0.25, 0.3) is 5.91 Å². The van der Waals surface area contributed by atoms with Crippen molar-refractivity contribution in [3.05, 3.63) is 70.1 Å². The molecule has 1 aromatic heterocycles. The fraction of sp³-hybridized carbons (Fsp3) is 0.0556. The highest BCUT2D eigenvalue weighted by Crippen LogP contribution is 2.23. The van der Waals surface area contributed by atoms with Crippen LogP contribution in [0.5, 0.6) is 0 Å². The first-order valence-electron chi connectivity index (χ1n) is 7.35. The first-order chi connectivity index (χ1) is 12.1. The molecule has 25 heavy (non-hydrogen) atoms. The number of nitrogens with zero attached hydrogens (tertiary/aromatic N) is 1. The minimum atomic E-state index is -0.546. The maximum absolute atomic E-state index is 12.0. The molecule has 0 saturated heterocycles. The molecule has 0 aliphatic heterocycles. The standard InChI is InChI=1S/C18H13BrN2O3S/c19-15-10-20-18(25-15)21-16(22)11-24-17(23)14-8-6-13(7-9-14)12-4-2-1-3-5-12/h1-10H,11H2,(H,20,21,22). The summed E-state index contributed by atoms with van der Waals surface area (Å²) in [5.41, 5.74) is 2.46. The van der Waals surface area contributed by atoms with Crippen LogP contribution in [-0.2, 0) is 9.53 Å². The van der Waals surface area contributed by atoms with Gasteiger partial charge in [-0.15, -0.1) is 0 Å². The van der Waals surface area contributed by atoms with E-state index in [-0.39, 0.29) is 6.61 Å². The van der Waals surface area contributed by atoms with E-state index in [1.54, 1.807) is 18.3 Å². The van der Waals surface area contributed by atoms with Gasteiger partial charge in [0.1, 0.15) is 0 Å². The number of thiazole rings is 1. The van der Waals surface area contributed by atoms with Crippen LogP contribution in [-0.4, -0.2) is 23.5 Å². The number of amides is 1. The molecule has 0 unspecified atom stereocenters. The minimum absolute atomic E-state index is 0.365. The fourth-order valence-electron chi connectivity index (χ4n) is 2.11. The summed E-state index contributed by atoms with van der Waals surface area (Å²) in [6.45, 7) is -0.365. The zero-order valence-electron chi connectivity index (χ0n) is 12.9. The Morgan fingerprint density at radius 3 is 2.36 bits per heavy atom. The maximum atomic E-state index is 12.0. The number of anilines is 1. The number of rotatable bonds is 5. The Labute approximate surface area is 156 Å². The molecule has 0 aliphatic carbocycles. The van der Waals surface area contributed by atoms with Crippen LogP contribution in [0.25, 0.3) is 11.1 Å². The summed E-state index contributed by atoms with van der Waals surface area (Å²) in [7, 11) is 0. The Kier molecular flexibility index (Phi) is 5.57. The van der Waals surface area contributed by atoms with Crippen LogP contribution in [0, 0.1) is 0 Å². The Morgan fingerprint density at radius 1 is 1.04 bits per heavy atom. The minimum Gasteiger partial charge on any atom is -0.452 e. The van der Waals surface area contributed by atoms with Crippen molar-refractivity contribution in [2.45, 2.75) is 0 Å². The van der Waals surface area contributed by atoms with Crippen LogP contribution in [0.1, 0.15) is 10.4 Å². The van der Waals surface area contributed by atoms with Crippen LogP contribution in [0.2, 0.25) is 0 Å². The molecule has 3 aromatic rings. The Morgan fingerprint density at radius 2 is 1.72 bits per heavy atom. The van der Waals surface area contributed by atoms with Crippen LogP contribution < -0.4 is 5.32 Å². The van der Waals surface area contributed by atoms with Crippen LogP contribution in [0.15, 0.2) is 64.6 Å². The van der Waals surface area contributed by atoms with Gasteiger partial charge >= 0.3 is 5.97 Å². The second-order valence-electron chi connectivity index (χ2n) is 5.04. The third-order valence-corrected chi connectivity index (χ3v) is 4.68. The molecule has 7 heteroatoms. The van der Waals surface area contributed by atoms with E-state index in [2.05, 4.69) is 26.2 Å². The van der Waals surface area contributed by atoms with E-state index in [0.717, 1.165) is 14.9 Å². The summed E-state index contributed by atoms with van der Waals surface area (Å²) in [5, 5.41) is 3.01. The van der Waals surface area contributed by atoms with E-state index in [4.69, 9.17) is 4.74 Å². The SMILES string of the molecule is O=C(COC(=O)c1ccc(-c2ccccc2)cc1)Nc1ncc(Br)s1. The number of benzene rings is 2. The summed E-state index contributed by atoms with van der Waals surface area (Å²) >= 11 is 4.54. The molecule has 0 aliphatic rings. The van der Waals surface area contributed by atoms with Gasteiger partial charge in [0.15, 0.2) is 11.7 Å². The monoisotopic (exact) mass is 416 g/mol. The number of halogens is 1. The predicted octanol–water partition coefficient (Wildman–Crippen LogP) is 4.37. The van der Waals surface area contributed by atoms with Crippen molar-refractivity contribution < 1.29 is 14.3 Å². The third-order valence-electron chi connectivity index (χ3n) is 3.29. The number of carbonyl (C=O) groups excluding carboxylic acids is 2. The fourth-order valence-corrected chi connectivity index (χ4v) is 3.23. The smallest absolute Gasteiger partial charge is 0.338 e. The van der Waals surface area contributed by atoms with Crippen LogP contribution >= 0.6 is 27.3 Å². The van der Waals surface area contributed by atoms with E-state index in [9.17, 15) is 9.59 Å². The summed E-state index contributed by atoms with van der Waals surface area (Å²) in [4.78, 5) is 27.8. The number of hydrogen-bond acceptors (Lipinski definition) is 5. The summed E-state index contributed by atoms with van der Waals surface area (Å²) in [5.74, 6) is -0.980. The molecule has 0 spiro atoms. The van der Waals surface area contributed by atoms with Gasteiger partial charge in [-0.25, -0.2) is 9.78 Å². The van der Waals surface area contributed by atoms with Gasteiger partial charge < -0.3 is 4.74 Å². The highest BCUT2D eigenvalue weighted by Gasteiger charge is 2.12. The largest absolute Gasteiger partial charge is 0.452 e. The van der Waals surface area contributed by atoms with Gasteiger partial charge in [-0.2, -0.15) is 0 Å². The van der Waals surface area contributed by atoms with Gasteiger partial charge in [0, 0.05) is 0 Å². The average molecular weight is 417 g/mol. The quantitative estimate of drug-likeness (QED) is 0.627. The van der Waals surface area contributed by atoms with Crippen molar-refractivity contribution in [3.63, 3.8) is 0 Å². The second kappa shape index (κ2) is 8.04. The zero-order valence-corrected chi connectivity index (χ0v) is 15.3. The van der Waals surface area contributed by atoms with Crippen molar-refractivity contribution in [1.29, 1.82) is 0 Å². The van der Waals surface area contributed by atoms with Gasteiger partial charge in [0.2, 0.25) is 0 Å². The summed E-state index contributed by atoms with van der Waals surface area (Å²) < 4.78 is 5.83. The second-order valence-corrected chi connectivity index (χ2v) is 7.45. The first-order valence-corrected chi connectivity index (χ1v) is 8.96. The number of carbonyl (C=O) groups is 2. The molecular weight excluding hydrogens is 404 g/mol. The number of hydrogen-bond donors (Lipinski definition) is 1. The first kappa shape index (κ1) is 17.3. The predicted molar refractivity (Wildman–Crippen MR) is 101 cm³/mol. The maximum Gasteiger partial charge on any atom is 0.338 e. The van der Waals surface area contributed by atoms with Crippen molar-refractivity contribution in [3.8, 4) is 11.1 Å². The molecular formula is C18H13BrN2O3S. The summed E-state index contributed by atoms with van der Waals surface area (Å²) in [6, 6.07) is 16.9. The van der Waals surface area contributed by atoms with Gasteiger partial charge in [-0.1, -0.05) is 53.8 Å². The lowest BCUT2D eigenvalue weighted by Gasteiger charge is -2.06. The number of nitrogens with one attached hydrogen (secondary N) is 1. The van der Waals surface area contributed by atoms with Crippen molar-refractivity contribution >= 4 is 44.3 Å². The van der Waals surface area contributed by atoms with E-state index in [1.165, 1.54) is 11.3 Å². The van der Waals surface area contributed by atoms with E-state index in [0.29, 0.717) is 10.7 Å². The van der Waals surface area contributed by atoms with Crippen LogP contribution in [0.3, 0.4) is 0 Å². The van der Waals surface area contributed by atoms with Crippen molar-refractivity contribution in [1.82, 2.24) is 4.98 Å². The molecule has 1 heterocycles. The number of aromatic nitrogens is 1. The Bertz CT molecular complexity index is 879. The van der Waals surface area contributed by atoms with Gasteiger partial charge in [-0.3, -0.25) is 10.1 Å². The molecule has 2 aromatic carbocycles. The lowest BCUT2D eigenvalue weighted by molar-refractivity contribution is -0.119. The molecule has 0 radical (unpaired) electrons. The lowest BCUT2D eigenvalue weighted by atomic mass is 10.0. The van der Waals surface area contributed by atoms with E-state index >= 15 is 0 Å². The molecule has 5 nitrogen and oxygen atoms in total. The highest BCUT2D eigenvalue weighted by atomic mass is 79.9. The van der Waals surface area contributed by atoms with Crippen molar-refractivity contribution in [2.75, 3.05) is 11.9 Å². The molecule has 0 saturated carbocycles. The highest BCUT2D eigenvalue weighted by molar-refractivity contribution is 9.11. The molecule has 0 atom stereocenters. The van der Waals surface area contributed by atoms with Crippen LogP contribution in [0.4, 0.5) is 5.13 Å². The third kappa shape index (κ3) is 4.74. The van der Waals surface area contributed by atoms with Crippen molar-refractivity contribution in [2.24, 2.45) is 0 Å². The van der Waals surface area contributed by atoms with E-state index < -0.39 is 11.9 Å². The molecule has 126 valence electrons. The van der Waals surface area contributed by atoms with Gasteiger partial charge in [0.05, 0.1) is 15.5 Å². The normalized spacial score (nSPS) is 10.3. The molecule has 1 amide bonds. The number of esters is 1. The molecule has 1 N–H and O–H groups in total. The Hall–Kier alpha value is -2.51. The lowest BCUT2D eigenvalue weighted by Crippen LogP contribution is -2.20. The molecule has 0 bridgehead atoms. The molecule has 3 rings (SSSR count). The van der Waals surface area contributed by atoms with E-state index in [1.807, 2.05) is 42.5 Å². The van der Waals surface area contributed by atoms with Gasteiger partial charge in [-0.05, 0) is 39.2 Å². The zero-order chi connectivity index (χ0) is 17.6. The average Bonchev–Trinajstić information content (AvgIpc) is 3.05. The summed E-state index contributed by atoms with van der Waals surface area (Å²) in [6.07, 6.45) is 1.58. The molecule has 0 fully saturated rings. The number of ether oxygens (including phenoxy) is 1. The Balaban J connectivity index is 1.55. The topological polar surface area (TPSA) is 68.3 Å².